The summed E-state index contributed by atoms with van der Waals surface area (Å²) in [5.41, 5.74) is 0. The molecule has 1 N–H and O–H groups in total. The monoisotopic (exact) mass is 370 g/mol. The first kappa shape index (κ1) is 16.3. The first-order valence-electron chi connectivity index (χ1n) is 8.35. The van der Waals surface area contributed by atoms with Gasteiger partial charge in [-0.05, 0) is 25.7 Å². The first-order chi connectivity index (χ1) is 11.4. The number of nitrogens with zero attached hydrogens (tertiary/aromatic N) is 3. The molecule has 2 atom stereocenters. The van der Waals surface area contributed by atoms with Gasteiger partial charge >= 0.3 is 0 Å². The highest BCUT2D eigenvalue weighted by atomic mass is 32.2. The van der Waals surface area contributed by atoms with Gasteiger partial charge in [-0.15, -0.1) is 11.3 Å². The number of thiazole rings is 1. The summed E-state index contributed by atoms with van der Waals surface area (Å²) in [6.07, 6.45) is 6.35. The summed E-state index contributed by atoms with van der Waals surface area (Å²) in [6, 6.07) is 0.205. The van der Waals surface area contributed by atoms with Crippen LogP contribution in [-0.4, -0.2) is 61.1 Å². The van der Waals surface area contributed by atoms with Crippen molar-refractivity contribution in [2.24, 2.45) is 5.92 Å². The van der Waals surface area contributed by atoms with E-state index in [0.29, 0.717) is 13.1 Å². The highest BCUT2D eigenvalue weighted by Crippen LogP contribution is 2.37. The SMILES string of the molecule is CS(=O)(=O)N1C2CCC1CC(NC(=O)C1CN(c3nccs3)C1)C2. The molecule has 3 fully saturated rings. The summed E-state index contributed by atoms with van der Waals surface area (Å²) in [7, 11) is -3.15. The van der Waals surface area contributed by atoms with Crippen molar-refractivity contribution in [1.29, 1.82) is 0 Å². The van der Waals surface area contributed by atoms with E-state index in [9.17, 15) is 13.2 Å². The third-order valence-electron chi connectivity index (χ3n) is 5.34. The van der Waals surface area contributed by atoms with Crippen molar-refractivity contribution < 1.29 is 13.2 Å². The molecule has 0 saturated carbocycles. The summed E-state index contributed by atoms with van der Waals surface area (Å²) >= 11 is 1.59. The van der Waals surface area contributed by atoms with Crippen molar-refractivity contribution >= 4 is 32.4 Å². The van der Waals surface area contributed by atoms with Gasteiger partial charge in [-0.3, -0.25) is 4.79 Å². The number of fused-ring (bicyclic) bond motifs is 2. The molecule has 7 nitrogen and oxygen atoms in total. The Kier molecular flexibility index (Phi) is 4.04. The van der Waals surface area contributed by atoms with Gasteiger partial charge in [0.15, 0.2) is 5.13 Å². The second-order valence-electron chi connectivity index (χ2n) is 7.07. The van der Waals surface area contributed by atoms with Crippen LogP contribution in [0, 0.1) is 5.92 Å². The van der Waals surface area contributed by atoms with Crippen molar-refractivity contribution in [3.63, 3.8) is 0 Å². The fourth-order valence-corrected chi connectivity index (χ4v) is 6.41. The van der Waals surface area contributed by atoms with Gasteiger partial charge in [0, 0.05) is 42.8 Å². The predicted molar refractivity (Wildman–Crippen MR) is 92.5 cm³/mol. The topological polar surface area (TPSA) is 82.6 Å². The number of piperidine rings is 1. The Bertz CT molecular complexity index is 701. The van der Waals surface area contributed by atoms with E-state index in [-0.39, 0.29) is 30.0 Å². The highest BCUT2D eigenvalue weighted by molar-refractivity contribution is 7.88. The van der Waals surface area contributed by atoms with Crippen molar-refractivity contribution in [3.8, 4) is 0 Å². The fraction of sp³-hybridized carbons (Fsp3) is 0.733. The molecular weight excluding hydrogens is 348 g/mol. The predicted octanol–water partition coefficient (Wildman–Crippen LogP) is 0.651. The van der Waals surface area contributed by atoms with Crippen molar-refractivity contribution in [3.05, 3.63) is 11.6 Å². The molecule has 1 amide bonds. The average molecular weight is 371 g/mol. The minimum atomic E-state index is -3.15. The maximum absolute atomic E-state index is 12.4. The van der Waals surface area contributed by atoms with Gasteiger partial charge < -0.3 is 10.2 Å². The molecule has 0 spiro atoms. The minimum Gasteiger partial charge on any atom is -0.353 e. The van der Waals surface area contributed by atoms with Crippen molar-refractivity contribution in [2.75, 3.05) is 24.2 Å². The number of carbonyl (C=O) groups is 1. The Hall–Kier alpha value is -1.19. The zero-order chi connectivity index (χ0) is 16.9. The van der Waals surface area contributed by atoms with E-state index in [4.69, 9.17) is 0 Å². The molecule has 2 bridgehead atoms. The largest absolute Gasteiger partial charge is 0.353 e. The van der Waals surface area contributed by atoms with E-state index < -0.39 is 10.0 Å². The number of sulfonamides is 1. The maximum Gasteiger partial charge on any atom is 0.226 e. The molecule has 3 aliphatic rings. The molecule has 0 aromatic carbocycles. The number of nitrogens with one attached hydrogen (secondary N) is 1. The van der Waals surface area contributed by atoms with E-state index in [1.165, 1.54) is 6.26 Å². The zero-order valence-electron chi connectivity index (χ0n) is 13.6. The lowest BCUT2D eigenvalue weighted by molar-refractivity contribution is -0.126. The third kappa shape index (κ3) is 2.93. The van der Waals surface area contributed by atoms with Gasteiger partial charge in [-0.2, -0.15) is 4.31 Å². The van der Waals surface area contributed by atoms with Gasteiger partial charge in [0.05, 0.1) is 12.2 Å². The third-order valence-corrected chi connectivity index (χ3v) is 7.53. The number of anilines is 1. The molecule has 1 aromatic heterocycles. The van der Waals surface area contributed by atoms with Crippen LogP contribution in [0.25, 0.3) is 0 Å². The molecule has 24 heavy (non-hydrogen) atoms. The standard InChI is InChI=1S/C15H22N4O3S2/c1-24(21,22)19-12-2-3-13(19)7-11(6-12)17-14(20)10-8-18(9-10)15-16-4-5-23-15/h4-5,10-13H,2-3,6-9H2,1H3,(H,17,20). The van der Waals surface area contributed by atoms with E-state index in [2.05, 4.69) is 15.2 Å². The number of aromatic nitrogens is 1. The van der Waals surface area contributed by atoms with Gasteiger partial charge in [0.25, 0.3) is 0 Å². The highest BCUT2D eigenvalue weighted by Gasteiger charge is 2.46. The van der Waals surface area contributed by atoms with Crippen LogP contribution < -0.4 is 10.2 Å². The lowest BCUT2D eigenvalue weighted by atomic mass is 9.96. The van der Waals surface area contributed by atoms with E-state index >= 15 is 0 Å². The quantitative estimate of drug-likeness (QED) is 0.841. The lowest BCUT2D eigenvalue weighted by Gasteiger charge is -2.41. The fourth-order valence-electron chi connectivity index (χ4n) is 4.29. The van der Waals surface area contributed by atoms with E-state index in [1.807, 2.05) is 5.38 Å². The first-order valence-corrected chi connectivity index (χ1v) is 11.1. The van der Waals surface area contributed by atoms with Crippen molar-refractivity contribution in [1.82, 2.24) is 14.6 Å². The molecule has 2 unspecified atom stereocenters. The Morgan fingerprint density at radius 2 is 1.96 bits per heavy atom. The Morgan fingerprint density at radius 1 is 1.29 bits per heavy atom. The molecule has 3 aliphatic heterocycles. The van der Waals surface area contributed by atoms with Crippen LogP contribution in [0.2, 0.25) is 0 Å². The van der Waals surface area contributed by atoms with Crippen LogP contribution in [-0.2, 0) is 14.8 Å². The Balaban J connectivity index is 1.31. The number of hydrogen-bond donors (Lipinski definition) is 1. The van der Waals surface area contributed by atoms with Crippen LogP contribution in [0.4, 0.5) is 5.13 Å². The van der Waals surface area contributed by atoms with E-state index in [0.717, 1.165) is 30.8 Å². The van der Waals surface area contributed by atoms with Crippen LogP contribution in [0.3, 0.4) is 0 Å². The Labute approximate surface area is 146 Å². The molecule has 9 heteroatoms. The van der Waals surface area contributed by atoms with Crippen molar-refractivity contribution in [2.45, 2.75) is 43.8 Å². The Morgan fingerprint density at radius 3 is 2.50 bits per heavy atom. The van der Waals surface area contributed by atoms with Crippen LogP contribution in [0.1, 0.15) is 25.7 Å². The molecule has 4 heterocycles. The van der Waals surface area contributed by atoms with Crippen LogP contribution in [0.5, 0.6) is 0 Å². The molecular formula is C15H22N4O3S2. The summed E-state index contributed by atoms with van der Waals surface area (Å²) < 4.78 is 25.5. The molecule has 132 valence electrons. The minimum absolute atomic E-state index is 0.0134. The van der Waals surface area contributed by atoms with Crippen LogP contribution in [0.15, 0.2) is 11.6 Å². The summed E-state index contributed by atoms with van der Waals surface area (Å²) in [5, 5.41) is 6.06. The van der Waals surface area contributed by atoms with Gasteiger partial charge in [-0.1, -0.05) is 0 Å². The summed E-state index contributed by atoms with van der Waals surface area (Å²) in [6.45, 7) is 1.43. The smallest absolute Gasteiger partial charge is 0.226 e. The van der Waals surface area contributed by atoms with Crippen LogP contribution >= 0.6 is 11.3 Å². The maximum atomic E-state index is 12.4. The second-order valence-corrected chi connectivity index (χ2v) is 9.83. The molecule has 0 aliphatic carbocycles. The number of rotatable bonds is 4. The number of amides is 1. The number of hydrogen-bond acceptors (Lipinski definition) is 6. The van der Waals surface area contributed by atoms with Gasteiger partial charge in [-0.25, -0.2) is 13.4 Å². The average Bonchev–Trinajstić information content (AvgIpc) is 3.04. The zero-order valence-corrected chi connectivity index (χ0v) is 15.2. The second kappa shape index (κ2) is 5.96. The summed E-state index contributed by atoms with van der Waals surface area (Å²) in [5.74, 6) is 0.111. The molecule has 0 radical (unpaired) electrons. The van der Waals surface area contributed by atoms with Gasteiger partial charge in [0.2, 0.25) is 15.9 Å². The number of carbonyl (C=O) groups excluding carboxylic acids is 1. The molecule has 4 rings (SSSR count). The lowest BCUT2D eigenvalue weighted by Crippen LogP contribution is -2.57. The normalized spacial score (nSPS) is 31.0. The summed E-state index contributed by atoms with van der Waals surface area (Å²) in [4.78, 5) is 18.8. The van der Waals surface area contributed by atoms with Gasteiger partial charge in [0.1, 0.15) is 0 Å². The van der Waals surface area contributed by atoms with E-state index in [1.54, 1.807) is 21.8 Å². The molecule has 3 saturated heterocycles. The molecule has 1 aromatic rings.